The molecular weight excluding hydrogens is 1300 g/mol. The van der Waals surface area contributed by atoms with E-state index in [0.29, 0.717) is 69.2 Å². The number of aryl methyl sites for hydroxylation is 1. The number of nitrogens with one attached hydrogen (secondary N) is 3. The first-order valence-corrected chi connectivity index (χ1v) is 33.8. The molecule has 3 rings (SSSR count). The Morgan fingerprint density at radius 2 is 0.960 bits per heavy atom. The molecule has 22 heteroatoms. The molecule has 3 aromatic carbocycles. The smallest absolute Gasteiger partial charge is 0.451 e. The van der Waals surface area contributed by atoms with Gasteiger partial charge in [0.05, 0.1) is 72.6 Å². The number of quaternary nitrogens is 3. The van der Waals surface area contributed by atoms with Gasteiger partial charge in [-0.25, -0.2) is 29.4 Å². The molecule has 0 spiro atoms. The lowest BCUT2D eigenvalue weighted by molar-refractivity contribution is -0.928. The number of allylic oxidation sites excluding steroid dienone is 1. The third kappa shape index (κ3) is 50.1. The second kappa shape index (κ2) is 56.5. The molecule has 0 aliphatic heterocycles. The van der Waals surface area contributed by atoms with Crippen LogP contribution in [0.2, 0.25) is 0 Å². The van der Waals surface area contributed by atoms with Gasteiger partial charge in [-0.1, -0.05) is 181 Å². The zero-order valence-electron chi connectivity index (χ0n) is 60.8. The first kappa shape index (κ1) is 111. The van der Waals surface area contributed by atoms with Gasteiger partial charge in [0.2, 0.25) is 0 Å². The molecule has 6 atom stereocenters. The van der Waals surface area contributed by atoms with E-state index in [4.69, 9.17) is 28.4 Å². The molecule has 21 nitrogen and oxygen atoms in total. The maximum absolute atomic E-state index is 12.1. The van der Waals surface area contributed by atoms with Crippen LogP contribution >= 0.6 is 12.6 Å². The van der Waals surface area contributed by atoms with Crippen molar-refractivity contribution >= 4 is 42.5 Å². The number of rotatable bonds is 38. The number of methoxy groups -OCH3 is 1. The predicted octanol–water partition coefficient (Wildman–Crippen LogP) is 14.7. The van der Waals surface area contributed by atoms with Crippen LogP contribution in [0.3, 0.4) is 0 Å². The van der Waals surface area contributed by atoms with Crippen LogP contribution in [-0.2, 0) is 50.0 Å². The molecule has 0 fully saturated rings. The van der Waals surface area contributed by atoms with Crippen molar-refractivity contribution in [2.24, 2.45) is 16.7 Å². The molecule has 0 aliphatic carbocycles. The van der Waals surface area contributed by atoms with E-state index >= 15 is 0 Å². The van der Waals surface area contributed by atoms with Crippen LogP contribution in [-0.4, -0.2) is 196 Å². The molecule has 592 valence electrons. The van der Waals surface area contributed by atoms with Crippen LogP contribution in [0.5, 0.6) is 11.5 Å². The fraction of sp³-hybridized carbons (Fsp3) is 0.684. The molecule has 0 radical (unpaired) electrons. The number of ether oxygens (including phenoxy) is 6. The summed E-state index contributed by atoms with van der Waals surface area (Å²) in [5, 5.41) is 40.0. The Kier molecular flexibility index (Phi) is 62.0. The van der Waals surface area contributed by atoms with Gasteiger partial charge < -0.3 is 48.8 Å². The van der Waals surface area contributed by atoms with Crippen LogP contribution in [0.15, 0.2) is 91.2 Å². The Bertz CT molecular complexity index is 2530. The Balaban J connectivity index is -0.000000215. The second-order valence-electron chi connectivity index (χ2n) is 27.7. The Morgan fingerprint density at radius 3 is 1.35 bits per heavy atom. The van der Waals surface area contributed by atoms with E-state index in [0.717, 1.165) is 49.0 Å². The number of benzene rings is 3. The highest BCUT2D eigenvalue weighted by Gasteiger charge is 2.35. The Labute approximate surface area is 621 Å². The molecule has 3 aromatic rings. The number of unbranched alkanes of at least 4 members (excludes halogenated alkanes) is 2. The highest BCUT2D eigenvalue weighted by Crippen LogP contribution is 2.35. The normalized spacial score (nSPS) is 12.9. The topological polar surface area (TPSA) is 258 Å². The highest BCUT2D eigenvalue weighted by molar-refractivity contribution is 7.80. The van der Waals surface area contributed by atoms with Crippen molar-refractivity contribution in [2.75, 3.05) is 108 Å². The van der Waals surface area contributed by atoms with E-state index < -0.39 is 47.3 Å². The van der Waals surface area contributed by atoms with Crippen molar-refractivity contribution in [3.8, 4) is 11.5 Å². The number of carbonyl (C=O) groups is 5. The number of carbonyl (C=O) groups excluding carboxylic acids is 5. The molecule has 0 aromatic heterocycles. The number of aliphatic hydroxyl groups excluding tert-OH is 4. The molecule has 7 N–H and O–H groups in total. The van der Waals surface area contributed by atoms with Crippen LogP contribution in [0.4, 0.5) is 4.79 Å². The van der Waals surface area contributed by atoms with Gasteiger partial charge in [0.1, 0.15) is 82.0 Å². The van der Waals surface area contributed by atoms with E-state index in [-0.39, 0.29) is 121 Å². The van der Waals surface area contributed by atoms with E-state index in [9.17, 15) is 44.4 Å². The molecule has 0 aliphatic rings. The van der Waals surface area contributed by atoms with Crippen LogP contribution in [0, 0.1) is 16.7 Å². The van der Waals surface area contributed by atoms with E-state index in [2.05, 4.69) is 93.5 Å². The summed E-state index contributed by atoms with van der Waals surface area (Å²) in [4.78, 5) is 59.0. The minimum atomic E-state index is -1.09. The van der Waals surface area contributed by atoms with Gasteiger partial charge in [-0.15, -0.1) is 0 Å². The van der Waals surface area contributed by atoms with Gasteiger partial charge in [-0.3, -0.25) is 19.2 Å². The summed E-state index contributed by atoms with van der Waals surface area (Å²) >= 11 is 4.14. The number of amides is 3. The first-order chi connectivity index (χ1) is 43.7. The third-order valence-electron chi connectivity index (χ3n) is 15.0. The van der Waals surface area contributed by atoms with Crippen molar-refractivity contribution in [2.45, 2.75) is 236 Å². The second-order valence-corrected chi connectivity index (χ2v) is 28.1. The average molecular weight is 1460 g/mol. The summed E-state index contributed by atoms with van der Waals surface area (Å²) in [6.07, 6.45) is 5.54. The maximum Gasteiger partial charge on any atom is 0.451 e. The standard InChI is InChI=1S/C34H54N4O6S.C15H28O3.C14H28N2O6.C9H12.7CH4/c1-8-9-11-32(41)35-37(4,5)22-28(39)24-43-30-17-13-26(14-18-30)34(2,3)27-15-19-31(20-16-27)44-25-29(40)23-38(6,7)36-33(42)12-10-21-45;1-7-9-10-18-13(4)12(3)11-15(5,8-2)14(16)17-6;1-10(17)7-16(5,6)15-13(20)22-9-11(18)8-21-12(19)14(2,3)4;1-2-6-9-7-4-3-5-8-9;;;;;;;/h13-20,28-29,39-40H,8-12,21-25H2,1-7H3,(H-2,35,36,41,42,45);12H,4,7-11H2,1-3,5-6H3;10-11,17-18H,7-9H2,1-6H3;3-5,7-8H,2,6H2,1H3;7*1H4/p+3. The lowest BCUT2D eigenvalue weighted by Gasteiger charge is -2.31. The van der Waals surface area contributed by atoms with Crippen LogP contribution in [0.1, 0.15) is 216 Å². The molecule has 6 unspecified atom stereocenters. The van der Waals surface area contributed by atoms with Gasteiger partial charge in [0.15, 0.2) is 0 Å². The highest BCUT2D eigenvalue weighted by atomic mass is 32.1. The fourth-order valence-electron chi connectivity index (χ4n) is 9.53. The minimum Gasteiger partial charge on any atom is -0.498 e. The number of likely N-dealkylation sites (N-methyl/N-ethyl adjacent to an activating group) is 3. The number of aliphatic hydroxyl groups is 4. The third-order valence-corrected chi connectivity index (χ3v) is 15.3. The molecule has 101 heavy (non-hydrogen) atoms. The largest absolute Gasteiger partial charge is 0.498 e. The monoisotopic (exact) mass is 1460 g/mol. The Morgan fingerprint density at radius 1 is 0.535 bits per heavy atom. The molecule has 0 heterocycles. The zero-order valence-corrected chi connectivity index (χ0v) is 61.7. The summed E-state index contributed by atoms with van der Waals surface area (Å²) in [6, 6.07) is 26.2. The maximum atomic E-state index is 12.1. The van der Waals surface area contributed by atoms with Crippen LogP contribution in [0.25, 0.3) is 0 Å². The fourth-order valence-corrected chi connectivity index (χ4v) is 9.68. The summed E-state index contributed by atoms with van der Waals surface area (Å²) in [5.74, 6) is 2.21. The van der Waals surface area contributed by atoms with Crippen molar-refractivity contribution in [3.63, 3.8) is 0 Å². The number of esters is 2. The SMILES string of the molecule is C.C.C.C.C.C.C.C=C(OCCCC)C(C)CC(C)(CC)C(=O)OC.CC(O)C[N+](C)(C)NC(=O)OCC(O)COC(=O)C(C)(C)C.CCCCC(=O)N[N+](C)(C)CC(O)COc1ccc(C(C)(C)c2ccc(OCC(O)C[N+](C)(C)NC(=O)CCCS)cc2)cc1.CCCc1ccccc1. The summed E-state index contributed by atoms with van der Waals surface area (Å²) < 4.78 is 32.3. The summed E-state index contributed by atoms with van der Waals surface area (Å²) in [6.45, 7) is 28.7. The quantitative estimate of drug-likeness (QED) is 0.00505. The van der Waals surface area contributed by atoms with Gasteiger partial charge in [-0.2, -0.15) is 18.1 Å². The first-order valence-electron chi connectivity index (χ1n) is 33.2. The molecule has 3 amide bonds. The van der Waals surface area contributed by atoms with Crippen molar-refractivity contribution in [1.82, 2.24) is 16.3 Å². The lowest BCUT2D eigenvalue weighted by Crippen LogP contribution is -2.58. The summed E-state index contributed by atoms with van der Waals surface area (Å²) in [7, 11) is 12.2. The average Bonchev–Trinajstić information content (AvgIpc) is 0.802. The van der Waals surface area contributed by atoms with Crippen molar-refractivity contribution in [3.05, 3.63) is 108 Å². The van der Waals surface area contributed by atoms with Gasteiger partial charge in [0.25, 0.3) is 11.8 Å². The number of nitrogens with zero attached hydrogens (tertiary/aromatic N) is 3. The Hall–Kier alpha value is -5.98. The molecule has 0 saturated carbocycles. The molecule has 0 saturated heterocycles. The minimum absolute atomic E-state index is 0. The van der Waals surface area contributed by atoms with Gasteiger partial charge in [-0.05, 0) is 120 Å². The van der Waals surface area contributed by atoms with Crippen molar-refractivity contribution < 1.29 is 86.6 Å². The van der Waals surface area contributed by atoms with Gasteiger partial charge in [0, 0.05) is 24.2 Å². The predicted molar refractivity (Wildman–Crippen MR) is 422 cm³/mol. The van der Waals surface area contributed by atoms with E-state index in [1.54, 1.807) is 41.8 Å². The van der Waals surface area contributed by atoms with Crippen molar-refractivity contribution in [1.29, 1.82) is 0 Å². The number of hydrogen-bond acceptors (Lipinski definition) is 16. The van der Waals surface area contributed by atoms with E-state index in [1.807, 2.05) is 104 Å². The molecular formula is C79H153N6O15S+3. The summed E-state index contributed by atoms with van der Waals surface area (Å²) in [5.41, 5.74) is 10.6. The number of thiol groups is 1. The zero-order chi connectivity index (χ0) is 71.9. The van der Waals surface area contributed by atoms with E-state index in [1.165, 1.54) is 25.5 Å². The van der Waals surface area contributed by atoms with Crippen LogP contribution < -0.4 is 25.8 Å². The van der Waals surface area contributed by atoms with Gasteiger partial charge >= 0.3 is 18.0 Å². The molecule has 0 bridgehead atoms. The lowest BCUT2D eigenvalue weighted by atomic mass is 9.78. The number of hydrogen-bond donors (Lipinski definition) is 8.